The predicted molar refractivity (Wildman–Crippen MR) is 60.5 cm³/mol. The maximum Gasteiger partial charge on any atom is 0.0827 e. The molecule has 2 nitrogen and oxygen atoms in total. The van der Waals surface area contributed by atoms with Crippen LogP contribution in [0, 0.1) is 11.8 Å². The van der Waals surface area contributed by atoms with E-state index in [2.05, 4.69) is 0 Å². The molecule has 2 aliphatic rings. The minimum Gasteiger partial charge on any atom is -0.390 e. The highest BCUT2D eigenvalue weighted by Crippen LogP contribution is 2.34. The Morgan fingerprint density at radius 3 is 2.07 bits per heavy atom. The van der Waals surface area contributed by atoms with Gasteiger partial charge < -0.3 is 10.2 Å². The SMILES string of the molecule is OC(CC1CCC1)C(O)C1CCCCC1. The third kappa shape index (κ3) is 2.94. The molecule has 2 heteroatoms. The molecule has 0 aromatic rings. The fourth-order valence-corrected chi connectivity index (χ4v) is 3.00. The minimum atomic E-state index is -0.460. The molecular weight excluding hydrogens is 188 g/mol. The van der Waals surface area contributed by atoms with Crippen LogP contribution in [-0.2, 0) is 0 Å². The Morgan fingerprint density at radius 2 is 1.53 bits per heavy atom. The van der Waals surface area contributed by atoms with E-state index in [0.29, 0.717) is 11.8 Å². The number of aliphatic hydroxyl groups excluding tert-OH is 2. The molecule has 0 bridgehead atoms. The summed E-state index contributed by atoms with van der Waals surface area (Å²) >= 11 is 0. The molecule has 0 spiro atoms. The first-order chi connectivity index (χ1) is 7.27. The third-order valence-electron chi connectivity index (χ3n) is 4.33. The molecule has 2 unspecified atom stereocenters. The first-order valence-electron chi connectivity index (χ1n) is 6.63. The molecule has 0 aliphatic heterocycles. The zero-order valence-corrected chi connectivity index (χ0v) is 9.57. The average molecular weight is 212 g/mol. The van der Waals surface area contributed by atoms with Gasteiger partial charge >= 0.3 is 0 Å². The molecule has 2 atom stereocenters. The van der Waals surface area contributed by atoms with Gasteiger partial charge in [0.2, 0.25) is 0 Å². The molecule has 2 N–H and O–H groups in total. The molecule has 0 amide bonds. The van der Waals surface area contributed by atoms with E-state index < -0.39 is 12.2 Å². The van der Waals surface area contributed by atoms with Crippen LogP contribution < -0.4 is 0 Å². The van der Waals surface area contributed by atoms with Gasteiger partial charge in [0.25, 0.3) is 0 Å². The maximum atomic E-state index is 10.1. The first-order valence-corrected chi connectivity index (χ1v) is 6.63. The Kier molecular flexibility index (Phi) is 4.04. The van der Waals surface area contributed by atoms with E-state index in [1.54, 1.807) is 0 Å². The topological polar surface area (TPSA) is 40.5 Å². The van der Waals surface area contributed by atoms with Crippen molar-refractivity contribution in [2.45, 2.75) is 70.0 Å². The zero-order valence-electron chi connectivity index (χ0n) is 9.57. The minimum absolute atomic E-state index is 0.369. The fourth-order valence-electron chi connectivity index (χ4n) is 3.00. The van der Waals surface area contributed by atoms with Crippen molar-refractivity contribution in [2.75, 3.05) is 0 Å². The van der Waals surface area contributed by atoms with Crippen LogP contribution in [0.4, 0.5) is 0 Å². The predicted octanol–water partition coefficient (Wildman–Crippen LogP) is 2.48. The molecule has 0 aromatic heterocycles. The van der Waals surface area contributed by atoms with Gasteiger partial charge in [-0.1, -0.05) is 38.5 Å². The van der Waals surface area contributed by atoms with Gasteiger partial charge in [-0.15, -0.1) is 0 Å². The van der Waals surface area contributed by atoms with Crippen molar-refractivity contribution in [3.05, 3.63) is 0 Å². The largest absolute Gasteiger partial charge is 0.390 e. The quantitative estimate of drug-likeness (QED) is 0.751. The summed E-state index contributed by atoms with van der Waals surface area (Å²) < 4.78 is 0. The van der Waals surface area contributed by atoms with Gasteiger partial charge in [0.15, 0.2) is 0 Å². The molecule has 2 fully saturated rings. The highest BCUT2D eigenvalue weighted by atomic mass is 16.3. The second-order valence-electron chi connectivity index (χ2n) is 5.49. The van der Waals surface area contributed by atoms with Crippen LogP contribution in [0.5, 0.6) is 0 Å². The van der Waals surface area contributed by atoms with E-state index in [9.17, 15) is 10.2 Å². The van der Waals surface area contributed by atoms with Crippen LogP contribution in [0.2, 0.25) is 0 Å². The van der Waals surface area contributed by atoms with E-state index in [1.165, 1.54) is 38.5 Å². The summed E-state index contributed by atoms with van der Waals surface area (Å²) in [4.78, 5) is 0. The Bertz CT molecular complexity index is 183. The van der Waals surface area contributed by atoms with E-state index in [0.717, 1.165) is 19.3 Å². The summed E-state index contributed by atoms with van der Waals surface area (Å²) in [6, 6.07) is 0. The Hall–Kier alpha value is -0.0800. The third-order valence-corrected chi connectivity index (χ3v) is 4.33. The van der Waals surface area contributed by atoms with Crippen molar-refractivity contribution < 1.29 is 10.2 Å². The highest BCUT2D eigenvalue weighted by Gasteiger charge is 2.30. The average Bonchev–Trinajstić information content (AvgIpc) is 2.23. The van der Waals surface area contributed by atoms with Crippen molar-refractivity contribution in [3.63, 3.8) is 0 Å². The molecule has 88 valence electrons. The summed E-state index contributed by atoms with van der Waals surface area (Å²) in [5, 5.41) is 20.0. The number of hydrogen-bond donors (Lipinski definition) is 2. The summed E-state index contributed by atoms with van der Waals surface area (Å²) in [7, 11) is 0. The lowest BCUT2D eigenvalue weighted by Crippen LogP contribution is -2.36. The van der Waals surface area contributed by atoms with Crippen molar-refractivity contribution in [1.82, 2.24) is 0 Å². The summed E-state index contributed by atoms with van der Waals surface area (Å²) in [5.41, 5.74) is 0. The van der Waals surface area contributed by atoms with Crippen LogP contribution in [0.1, 0.15) is 57.8 Å². The molecule has 0 radical (unpaired) electrons. The van der Waals surface area contributed by atoms with E-state index >= 15 is 0 Å². The second-order valence-corrected chi connectivity index (χ2v) is 5.49. The first kappa shape index (κ1) is 11.4. The normalized spacial score (nSPS) is 28.4. The molecular formula is C13H24O2. The van der Waals surface area contributed by atoms with Gasteiger partial charge in [-0.3, -0.25) is 0 Å². The van der Waals surface area contributed by atoms with Gasteiger partial charge in [0.05, 0.1) is 12.2 Å². The standard InChI is InChI=1S/C13H24O2/c14-12(9-10-5-4-6-10)13(15)11-7-2-1-3-8-11/h10-15H,1-9H2. The smallest absolute Gasteiger partial charge is 0.0827 e. The molecule has 2 aliphatic carbocycles. The summed E-state index contributed by atoms with van der Waals surface area (Å²) in [5.74, 6) is 1.06. The fraction of sp³-hybridized carbons (Fsp3) is 1.00. The van der Waals surface area contributed by atoms with Crippen molar-refractivity contribution >= 4 is 0 Å². The Morgan fingerprint density at radius 1 is 0.867 bits per heavy atom. The maximum absolute atomic E-state index is 10.1. The molecule has 15 heavy (non-hydrogen) atoms. The van der Waals surface area contributed by atoms with Crippen molar-refractivity contribution in [2.24, 2.45) is 11.8 Å². The lowest BCUT2D eigenvalue weighted by Gasteiger charge is -2.33. The second kappa shape index (κ2) is 5.31. The Balaban J connectivity index is 1.74. The molecule has 2 rings (SSSR count). The number of hydrogen-bond acceptors (Lipinski definition) is 2. The zero-order chi connectivity index (χ0) is 10.7. The van der Waals surface area contributed by atoms with Gasteiger partial charge in [-0.05, 0) is 31.1 Å². The van der Waals surface area contributed by atoms with Crippen LogP contribution in [-0.4, -0.2) is 22.4 Å². The van der Waals surface area contributed by atoms with Crippen molar-refractivity contribution in [1.29, 1.82) is 0 Å². The number of aliphatic hydroxyl groups is 2. The van der Waals surface area contributed by atoms with E-state index in [1.807, 2.05) is 0 Å². The van der Waals surface area contributed by atoms with Crippen LogP contribution in [0.3, 0.4) is 0 Å². The van der Waals surface area contributed by atoms with Gasteiger partial charge in [0, 0.05) is 0 Å². The molecule has 2 saturated carbocycles. The monoisotopic (exact) mass is 212 g/mol. The van der Waals surface area contributed by atoms with Crippen LogP contribution in [0.15, 0.2) is 0 Å². The Labute approximate surface area is 92.7 Å². The lowest BCUT2D eigenvalue weighted by molar-refractivity contribution is -0.0424. The van der Waals surface area contributed by atoms with E-state index in [-0.39, 0.29) is 0 Å². The van der Waals surface area contributed by atoms with Crippen molar-refractivity contribution in [3.8, 4) is 0 Å². The van der Waals surface area contributed by atoms with Gasteiger partial charge in [-0.25, -0.2) is 0 Å². The lowest BCUT2D eigenvalue weighted by atomic mass is 9.77. The van der Waals surface area contributed by atoms with Gasteiger partial charge in [-0.2, -0.15) is 0 Å². The number of rotatable bonds is 4. The van der Waals surface area contributed by atoms with Crippen LogP contribution >= 0.6 is 0 Å². The highest BCUT2D eigenvalue weighted by molar-refractivity contribution is 4.82. The summed E-state index contributed by atoms with van der Waals surface area (Å²) in [6.07, 6.45) is 9.75. The molecule has 0 aromatic carbocycles. The van der Waals surface area contributed by atoms with Crippen LogP contribution in [0.25, 0.3) is 0 Å². The van der Waals surface area contributed by atoms with E-state index in [4.69, 9.17) is 0 Å². The van der Waals surface area contributed by atoms with Gasteiger partial charge in [0.1, 0.15) is 0 Å². The molecule has 0 saturated heterocycles. The summed E-state index contributed by atoms with van der Waals surface area (Å²) in [6.45, 7) is 0. The molecule has 0 heterocycles.